The number of hydrogen-bond donors (Lipinski definition) is 5. The number of rotatable bonds is 11. The lowest BCUT2D eigenvalue weighted by Crippen LogP contribution is -2.42. The van der Waals surface area contributed by atoms with E-state index in [1.54, 1.807) is 6.21 Å². The Labute approximate surface area is 227 Å². The van der Waals surface area contributed by atoms with Gasteiger partial charge in [0.05, 0.1) is 0 Å². The van der Waals surface area contributed by atoms with Crippen LogP contribution in [-0.4, -0.2) is 41.2 Å². The van der Waals surface area contributed by atoms with Gasteiger partial charge in [-0.25, -0.2) is 0 Å². The molecule has 0 bridgehead atoms. The van der Waals surface area contributed by atoms with Crippen LogP contribution < -0.4 is 10.6 Å². The first-order chi connectivity index (χ1) is 17.9. The number of aryl methyl sites for hydroxylation is 6. The van der Waals surface area contributed by atoms with Gasteiger partial charge in [-0.1, -0.05) is 48.4 Å². The third-order valence-corrected chi connectivity index (χ3v) is 6.96. The third-order valence-electron chi connectivity index (χ3n) is 6.96. The Hall–Kier alpha value is -3.35. The van der Waals surface area contributed by atoms with Crippen molar-refractivity contribution < 1.29 is 15.3 Å². The van der Waals surface area contributed by atoms with E-state index in [1.807, 2.05) is 77.9 Å². The second kappa shape index (κ2) is 12.5. The Bertz CT molecular complexity index is 1250. The Morgan fingerprint density at radius 2 is 1.08 bits per heavy atom. The van der Waals surface area contributed by atoms with E-state index in [9.17, 15) is 15.3 Å². The van der Waals surface area contributed by atoms with Gasteiger partial charge < -0.3 is 26.0 Å². The Balaban J connectivity index is 1.74. The molecule has 0 spiro atoms. The van der Waals surface area contributed by atoms with Gasteiger partial charge in [0.25, 0.3) is 0 Å². The van der Waals surface area contributed by atoms with Crippen LogP contribution in [0.25, 0.3) is 0 Å². The molecule has 0 unspecified atom stereocenters. The zero-order chi connectivity index (χ0) is 28.0. The van der Waals surface area contributed by atoms with Gasteiger partial charge in [-0.2, -0.15) is 0 Å². The predicted molar refractivity (Wildman–Crippen MR) is 157 cm³/mol. The van der Waals surface area contributed by atoms with Gasteiger partial charge in [0, 0.05) is 61.0 Å². The summed E-state index contributed by atoms with van der Waals surface area (Å²) in [5.41, 5.74) is 8.09. The maximum atomic E-state index is 10.5. The maximum absolute atomic E-state index is 10.5. The fraction of sp³-hybridized carbons (Fsp3) is 0.406. The number of nitrogens with one attached hydrogen (secondary N) is 2. The summed E-state index contributed by atoms with van der Waals surface area (Å²) in [6.45, 7) is 16.9. The predicted octanol–water partition coefficient (Wildman–Crippen LogP) is 5.66. The van der Waals surface area contributed by atoms with Gasteiger partial charge in [0.1, 0.15) is 17.2 Å². The first-order valence-corrected chi connectivity index (χ1v) is 13.2. The van der Waals surface area contributed by atoms with Crippen molar-refractivity contribution in [3.63, 3.8) is 0 Å². The molecule has 0 aliphatic heterocycles. The summed E-state index contributed by atoms with van der Waals surface area (Å²) in [5.74, 6) is 0.918. The van der Waals surface area contributed by atoms with E-state index in [0.717, 1.165) is 44.5 Å². The molecule has 6 nitrogen and oxygen atoms in total. The van der Waals surface area contributed by atoms with Crippen LogP contribution in [0.15, 0.2) is 41.4 Å². The molecular weight excluding hydrogens is 474 g/mol. The van der Waals surface area contributed by atoms with E-state index in [1.165, 1.54) is 0 Å². The number of benzene rings is 3. The zero-order valence-electron chi connectivity index (χ0n) is 23.9. The van der Waals surface area contributed by atoms with E-state index in [-0.39, 0.29) is 11.2 Å². The summed E-state index contributed by atoms with van der Waals surface area (Å²) < 4.78 is 0. The second-order valence-corrected chi connectivity index (χ2v) is 11.2. The minimum atomic E-state index is -0.270. The van der Waals surface area contributed by atoms with Gasteiger partial charge in [-0.3, -0.25) is 4.99 Å². The van der Waals surface area contributed by atoms with E-state index < -0.39 is 0 Å². The van der Waals surface area contributed by atoms with Crippen molar-refractivity contribution in [2.24, 2.45) is 10.4 Å². The zero-order valence-corrected chi connectivity index (χ0v) is 23.9. The van der Waals surface area contributed by atoms with E-state index >= 15 is 0 Å². The molecule has 38 heavy (non-hydrogen) atoms. The molecule has 204 valence electrons. The lowest BCUT2D eigenvalue weighted by molar-refractivity contribution is 0.296. The van der Waals surface area contributed by atoms with Crippen molar-refractivity contribution in [2.75, 3.05) is 19.6 Å². The molecule has 0 saturated heterocycles. The van der Waals surface area contributed by atoms with Crippen LogP contribution in [-0.2, 0) is 13.1 Å². The van der Waals surface area contributed by atoms with Crippen LogP contribution in [0, 0.1) is 47.0 Å². The van der Waals surface area contributed by atoms with Crippen LogP contribution >= 0.6 is 0 Å². The van der Waals surface area contributed by atoms with Gasteiger partial charge in [0.2, 0.25) is 0 Å². The molecule has 3 aromatic rings. The maximum Gasteiger partial charge on any atom is 0.127 e. The molecule has 3 aromatic carbocycles. The third kappa shape index (κ3) is 7.59. The highest BCUT2D eigenvalue weighted by Gasteiger charge is 2.24. The number of nitrogens with zero attached hydrogens (tertiary/aromatic N) is 1. The molecule has 6 heteroatoms. The quantitative estimate of drug-likeness (QED) is 0.212. The lowest BCUT2D eigenvalue weighted by Gasteiger charge is -2.29. The number of hydrogen-bond acceptors (Lipinski definition) is 6. The molecule has 5 N–H and O–H groups in total. The number of aromatic hydroxyl groups is 3. The molecular formula is C32H43N3O3. The monoisotopic (exact) mass is 517 g/mol. The van der Waals surface area contributed by atoms with Crippen molar-refractivity contribution in [1.29, 1.82) is 0 Å². The summed E-state index contributed by atoms with van der Waals surface area (Å²) in [6.07, 6.45) is 1.75. The summed E-state index contributed by atoms with van der Waals surface area (Å²) in [6, 6.07) is 11.9. The fourth-order valence-corrected chi connectivity index (χ4v) is 4.99. The number of phenols is 3. The Morgan fingerprint density at radius 1 is 0.658 bits per heavy atom. The average Bonchev–Trinajstić information content (AvgIpc) is 2.83. The minimum absolute atomic E-state index is 0.257. The van der Waals surface area contributed by atoms with E-state index in [2.05, 4.69) is 17.6 Å². The summed E-state index contributed by atoms with van der Waals surface area (Å²) >= 11 is 0. The van der Waals surface area contributed by atoms with Crippen molar-refractivity contribution in [1.82, 2.24) is 10.6 Å². The van der Waals surface area contributed by atoms with Crippen molar-refractivity contribution in [2.45, 2.75) is 61.6 Å². The normalized spacial score (nSPS) is 12.0. The lowest BCUT2D eigenvalue weighted by atomic mass is 9.90. The molecule has 0 atom stereocenters. The minimum Gasteiger partial charge on any atom is -0.507 e. The molecule has 0 fully saturated rings. The van der Waals surface area contributed by atoms with Gasteiger partial charge >= 0.3 is 0 Å². The summed E-state index contributed by atoms with van der Waals surface area (Å²) in [4.78, 5) is 4.74. The first kappa shape index (κ1) is 29.2. The molecule has 0 amide bonds. The fourth-order valence-electron chi connectivity index (χ4n) is 4.99. The van der Waals surface area contributed by atoms with Crippen molar-refractivity contribution >= 4 is 6.21 Å². The van der Waals surface area contributed by atoms with Crippen molar-refractivity contribution in [3.05, 3.63) is 86.5 Å². The van der Waals surface area contributed by atoms with E-state index in [4.69, 9.17) is 4.99 Å². The molecule has 0 radical (unpaired) electrons. The van der Waals surface area contributed by atoms with E-state index in [0.29, 0.717) is 49.8 Å². The molecule has 3 rings (SSSR count). The number of phenolic OH excluding ortho intramolecular Hbond substituents is 3. The SMILES string of the molecule is Cc1cc(C)c(O)c(C=NCC(C)(CNCc2cc(C)cc(C)c2O)CNCc2cc(C)cc(C)c2O)c1. The Kier molecular flexibility index (Phi) is 9.58. The highest BCUT2D eigenvalue weighted by atomic mass is 16.3. The van der Waals surface area contributed by atoms with Crippen LogP contribution in [0.5, 0.6) is 17.2 Å². The molecule has 0 aromatic heterocycles. The Morgan fingerprint density at radius 3 is 1.55 bits per heavy atom. The summed E-state index contributed by atoms with van der Waals surface area (Å²) in [5, 5.41) is 38.5. The largest absolute Gasteiger partial charge is 0.507 e. The molecule has 0 heterocycles. The standard InChI is InChI=1S/C32H43N3O3/c1-20-8-23(4)29(36)26(11-20)14-33-17-32(7,18-34-15-27-12-21(2)9-24(5)30(27)37)19-35-16-28-13-22(3)10-25(6)31(28)38/h8-14,34-38H,15-19H2,1-7H3. The van der Waals surface area contributed by atoms with Crippen molar-refractivity contribution in [3.8, 4) is 17.2 Å². The van der Waals surface area contributed by atoms with Gasteiger partial charge in [0.15, 0.2) is 0 Å². The van der Waals surface area contributed by atoms with Crippen LogP contribution in [0.2, 0.25) is 0 Å². The highest BCUT2D eigenvalue weighted by molar-refractivity contribution is 5.84. The smallest absolute Gasteiger partial charge is 0.127 e. The van der Waals surface area contributed by atoms with Gasteiger partial charge in [-0.05, 0) is 69.9 Å². The first-order valence-electron chi connectivity index (χ1n) is 13.2. The van der Waals surface area contributed by atoms with Crippen LogP contribution in [0.1, 0.15) is 57.0 Å². The average molecular weight is 518 g/mol. The molecule has 0 aliphatic carbocycles. The summed E-state index contributed by atoms with van der Waals surface area (Å²) in [7, 11) is 0. The van der Waals surface area contributed by atoms with Gasteiger partial charge in [-0.15, -0.1) is 0 Å². The topological polar surface area (TPSA) is 97.1 Å². The molecule has 0 saturated carbocycles. The number of aliphatic imine (C=N–C) groups is 1. The van der Waals surface area contributed by atoms with Crippen LogP contribution in [0.3, 0.4) is 0 Å². The highest BCUT2D eigenvalue weighted by Crippen LogP contribution is 2.26. The second-order valence-electron chi connectivity index (χ2n) is 11.2. The molecule has 0 aliphatic rings. The van der Waals surface area contributed by atoms with Crippen LogP contribution in [0.4, 0.5) is 0 Å².